The minimum atomic E-state index is -0.263. The third-order valence-electron chi connectivity index (χ3n) is 5.12. The summed E-state index contributed by atoms with van der Waals surface area (Å²) in [5.41, 5.74) is 1.13. The number of nitrogens with one attached hydrogen (secondary N) is 1. The normalized spacial score (nSPS) is 13.4. The minimum absolute atomic E-state index is 0.000668. The summed E-state index contributed by atoms with van der Waals surface area (Å²) in [4.78, 5) is 26.4. The van der Waals surface area contributed by atoms with Gasteiger partial charge in [-0.05, 0) is 58.1 Å². The van der Waals surface area contributed by atoms with Crippen molar-refractivity contribution in [3.8, 4) is 5.75 Å². The van der Waals surface area contributed by atoms with Crippen LogP contribution in [-0.4, -0.2) is 53.8 Å². The molecule has 0 aliphatic rings. The summed E-state index contributed by atoms with van der Waals surface area (Å²) >= 11 is 3.19. The maximum Gasteiger partial charge on any atom is 0.233 e. The Hall–Kier alpha value is -2.16. The van der Waals surface area contributed by atoms with Crippen molar-refractivity contribution in [3.63, 3.8) is 0 Å². The first-order chi connectivity index (χ1) is 14.8. The van der Waals surface area contributed by atoms with Crippen LogP contribution < -0.4 is 10.1 Å². The molecule has 1 aromatic carbocycles. The van der Waals surface area contributed by atoms with Crippen molar-refractivity contribution in [2.24, 2.45) is 0 Å². The molecule has 8 heteroatoms. The summed E-state index contributed by atoms with van der Waals surface area (Å²) in [7, 11) is 5.69. The highest BCUT2D eigenvalue weighted by molar-refractivity contribution is 8.00. The number of likely N-dealkylation sites (N-methyl/N-ethyl adjacent to an activating group) is 1. The number of amides is 1. The molecule has 0 fully saturated rings. The van der Waals surface area contributed by atoms with Crippen molar-refractivity contribution >= 4 is 39.2 Å². The number of carbonyl (C=O) groups excluding carboxylic acids is 1. The number of thioether (sulfide) groups is 1. The second-order valence-corrected chi connectivity index (χ2v) is 10.1. The third kappa shape index (κ3) is 5.75. The van der Waals surface area contributed by atoms with Gasteiger partial charge in [0.2, 0.25) is 5.91 Å². The van der Waals surface area contributed by atoms with Gasteiger partial charge in [0.25, 0.3) is 0 Å². The Bertz CT molecular complexity index is 1030. The second kappa shape index (κ2) is 10.4. The molecule has 0 aliphatic heterocycles. The summed E-state index contributed by atoms with van der Waals surface area (Å²) in [6.07, 6.45) is 0.970. The smallest absolute Gasteiger partial charge is 0.233 e. The molecule has 2 unspecified atom stereocenters. The Balaban J connectivity index is 1.68. The number of carbonyl (C=O) groups is 1. The van der Waals surface area contributed by atoms with Gasteiger partial charge in [-0.15, -0.1) is 11.3 Å². The maximum absolute atomic E-state index is 12.9. The molecule has 0 radical (unpaired) electrons. The molecule has 2 heterocycles. The van der Waals surface area contributed by atoms with Gasteiger partial charge < -0.3 is 15.0 Å². The monoisotopic (exact) mass is 458 g/mol. The van der Waals surface area contributed by atoms with E-state index in [0.717, 1.165) is 38.8 Å². The molecular weight excluding hydrogens is 428 g/mol. The van der Waals surface area contributed by atoms with E-state index in [4.69, 9.17) is 4.74 Å². The van der Waals surface area contributed by atoms with Crippen LogP contribution in [0.3, 0.4) is 0 Å². The molecule has 3 rings (SSSR count). The predicted octanol–water partition coefficient (Wildman–Crippen LogP) is 4.47. The van der Waals surface area contributed by atoms with Gasteiger partial charge in [0, 0.05) is 16.8 Å². The fourth-order valence-electron chi connectivity index (χ4n) is 3.30. The Kier molecular flexibility index (Phi) is 7.91. The maximum atomic E-state index is 12.9. The molecule has 0 bridgehead atoms. The summed E-state index contributed by atoms with van der Waals surface area (Å²) in [5, 5.41) is 4.77. The zero-order valence-electron chi connectivity index (χ0n) is 18.9. The van der Waals surface area contributed by atoms with E-state index in [2.05, 4.69) is 33.2 Å². The van der Waals surface area contributed by atoms with Crippen LogP contribution in [0.15, 0.2) is 35.4 Å². The Labute approximate surface area is 192 Å². The standard InChI is InChI=1S/C23H30N4O2S2/c1-7-18-12-19-22(25-15(3)26-23(19)31-18)30-14(2)21(28)24-13-20(27(4)5)16-8-10-17(29-6)11-9-16/h8-12,14,20H,7,13H2,1-6H3,(H,24,28). The average Bonchev–Trinajstić information content (AvgIpc) is 3.17. The van der Waals surface area contributed by atoms with E-state index in [1.165, 1.54) is 16.6 Å². The lowest BCUT2D eigenvalue weighted by atomic mass is 10.1. The largest absolute Gasteiger partial charge is 0.497 e. The molecule has 0 aliphatic carbocycles. The zero-order chi connectivity index (χ0) is 22.5. The van der Waals surface area contributed by atoms with Crippen LogP contribution in [0.1, 0.15) is 36.2 Å². The fourth-order valence-corrected chi connectivity index (χ4v) is 5.37. The summed E-state index contributed by atoms with van der Waals surface area (Å²) in [6.45, 7) is 6.49. The van der Waals surface area contributed by atoms with Crippen LogP contribution >= 0.6 is 23.1 Å². The van der Waals surface area contributed by atoms with Crippen molar-refractivity contribution in [2.75, 3.05) is 27.7 Å². The van der Waals surface area contributed by atoms with Crippen molar-refractivity contribution in [2.45, 2.75) is 43.5 Å². The van der Waals surface area contributed by atoms with Crippen molar-refractivity contribution in [1.82, 2.24) is 20.2 Å². The molecular formula is C23H30N4O2S2. The van der Waals surface area contributed by atoms with Gasteiger partial charge >= 0.3 is 0 Å². The van der Waals surface area contributed by atoms with Crippen LogP contribution in [0.4, 0.5) is 0 Å². The Morgan fingerprint density at radius 2 is 1.97 bits per heavy atom. The van der Waals surface area contributed by atoms with E-state index < -0.39 is 0 Å². The van der Waals surface area contributed by atoms with Gasteiger partial charge in [0.15, 0.2) is 0 Å². The van der Waals surface area contributed by atoms with Crippen LogP contribution in [0, 0.1) is 6.92 Å². The van der Waals surface area contributed by atoms with Gasteiger partial charge in [-0.3, -0.25) is 4.79 Å². The molecule has 0 saturated heterocycles. The molecule has 1 amide bonds. The van der Waals surface area contributed by atoms with E-state index in [-0.39, 0.29) is 17.2 Å². The number of ether oxygens (including phenoxy) is 1. The van der Waals surface area contributed by atoms with E-state index in [1.807, 2.05) is 52.2 Å². The topological polar surface area (TPSA) is 67.3 Å². The molecule has 31 heavy (non-hydrogen) atoms. The van der Waals surface area contributed by atoms with Gasteiger partial charge in [-0.1, -0.05) is 30.8 Å². The first kappa shape index (κ1) is 23.5. The number of hydrogen-bond donors (Lipinski definition) is 1. The van der Waals surface area contributed by atoms with Crippen molar-refractivity contribution < 1.29 is 9.53 Å². The van der Waals surface area contributed by atoms with Gasteiger partial charge in [-0.25, -0.2) is 9.97 Å². The first-order valence-corrected chi connectivity index (χ1v) is 12.0. The number of methoxy groups -OCH3 is 1. The molecule has 1 N–H and O–H groups in total. The molecule has 3 aromatic rings. The van der Waals surface area contributed by atoms with Crippen molar-refractivity contribution in [1.29, 1.82) is 0 Å². The van der Waals surface area contributed by atoms with Crippen LogP contribution in [0.5, 0.6) is 5.75 Å². The second-order valence-electron chi connectivity index (χ2n) is 7.62. The van der Waals surface area contributed by atoms with Gasteiger partial charge in [0.1, 0.15) is 21.4 Å². The van der Waals surface area contributed by atoms with E-state index in [1.54, 1.807) is 18.4 Å². The summed E-state index contributed by atoms with van der Waals surface area (Å²) < 4.78 is 5.25. The van der Waals surface area contributed by atoms with Gasteiger partial charge in [-0.2, -0.15) is 0 Å². The molecule has 0 saturated carbocycles. The molecule has 2 atom stereocenters. The summed E-state index contributed by atoms with van der Waals surface area (Å²) in [6, 6.07) is 10.2. The molecule has 166 valence electrons. The van der Waals surface area contributed by atoms with Crippen LogP contribution in [0.25, 0.3) is 10.2 Å². The highest BCUT2D eigenvalue weighted by Crippen LogP contribution is 2.33. The number of aryl methyl sites for hydroxylation is 2. The predicted molar refractivity (Wildman–Crippen MR) is 129 cm³/mol. The number of aromatic nitrogens is 2. The van der Waals surface area contributed by atoms with E-state index in [9.17, 15) is 4.79 Å². The summed E-state index contributed by atoms with van der Waals surface area (Å²) in [5.74, 6) is 1.56. The minimum Gasteiger partial charge on any atom is -0.497 e. The lowest BCUT2D eigenvalue weighted by molar-refractivity contribution is -0.120. The lowest BCUT2D eigenvalue weighted by Crippen LogP contribution is -2.38. The number of hydrogen-bond acceptors (Lipinski definition) is 7. The molecule has 2 aromatic heterocycles. The Morgan fingerprint density at radius 1 is 1.26 bits per heavy atom. The number of rotatable bonds is 9. The third-order valence-corrected chi connectivity index (χ3v) is 7.40. The van der Waals surface area contributed by atoms with E-state index in [0.29, 0.717) is 6.54 Å². The average molecular weight is 459 g/mol. The van der Waals surface area contributed by atoms with Crippen LogP contribution in [0.2, 0.25) is 0 Å². The first-order valence-electron chi connectivity index (χ1n) is 10.3. The van der Waals surface area contributed by atoms with E-state index >= 15 is 0 Å². The lowest BCUT2D eigenvalue weighted by Gasteiger charge is -2.26. The number of fused-ring (bicyclic) bond motifs is 1. The fraction of sp³-hybridized carbons (Fsp3) is 0.435. The molecule has 0 spiro atoms. The quantitative estimate of drug-likeness (QED) is 0.377. The number of benzene rings is 1. The van der Waals surface area contributed by atoms with Crippen molar-refractivity contribution in [3.05, 3.63) is 46.6 Å². The number of nitrogens with zero attached hydrogens (tertiary/aromatic N) is 3. The van der Waals surface area contributed by atoms with Gasteiger partial charge in [0.05, 0.1) is 18.4 Å². The SMILES string of the molecule is CCc1cc2c(SC(C)C(=O)NCC(c3ccc(OC)cc3)N(C)C)nc(C)nc2s1. The molecule has 6 nitrogen and oxygen atoms in total. The zero-order valence-corrected chi connectivity index (χ0v) is 20.6. The highest BCUT2D eigenvalue weighted by atomic mass is 32.2. The number of thiophene rings is 1. The Morgan fingerprint density at radius 3 is 2.58 bits per heavy atom. The van der Waals surface area contributed by atoms with Crippen LogP contribution in [-0.2, 0) is 11.2 Å². The highest BCUT2D eigenvalue weighted by Gasteiger charge is 2.21.